The van der Waals surface area contributed by atoms with Crippen molar-refractivity contribution >= 4 is 0 Å². The molecule has 0 aromatic heterocycles. The Morgan fingerprint density at radius 3 is 1.00 bits per heavy atom. The van der Waals surface area contributed by atoms with E-state index in [0.29, 0.717) is 0 Å². The predicted octanol–water partition coefficient (Wildman–Crippen LogP) is 7.53. The topological polar surface area (TPSA) is 0 Å². The zero-order valence-electron chi connectivity index (χ0n) is 15.2. The van der Waals surface area contributed by atoms with Crippen molar-refractivity contribution in [3.8, 4) is 0 Å². The Labute approximate surface area is 154 Å². The van der Waals surface area contributed by atoms with E-state index in [1.807, 2.05) is 109 Å². The lowest BCUT2D eigenvalue weighted by atomic mass is 10.3. The normalized spacial score (nSPS) is 14.3. The number of hydrogen-bond acceptors (Lipinski definition) is 0. The summed E-state index contributed by atoms with van der Waals surface area (Å²) in [6.45, 7) is 5.79. The van der Waals surface area contributed by atoms with Gasteiger partial charge < -0.3 is 0 Å². The van der Waals surface area contributed by atoms with Gasteiger partial charge in [-0.1, -0.05) is 148 Å². The highest BCUT2D eigenvalue weighted by Crippen LogP contribution is 1.90. The fourth-order valence-electron chi connectivity index (χ4n) is 1.51. The summed E-state index contributed by atoms with van der Waals surface area (Å²) in [4.78, 5) is 0. The number of rotatable bonds is 12. The van der Waals surface area contributed by atoms with Crippen molar-refractivity contribution in [1.29, 1.82) is 0 Å². The van der Waals surface area contributed by atoms with Crippen molar-refractivity contribution in [2.24, 2.45) is 0 Å². The van der Waals surface area contributed by atoms with E-state index in [1.165, 1.54) is 6.42 Å². The average molecular weight is 331 g/mol. The van der Waals surface area contributed by atoms with Gasteiger partial charge in [0.15, 0.2) is 0 Å². The van der Waals surface area contributed by atoms with Gasteiger partial charge in [0.05, 0.1) is 0 Å². The molecule has 130 valence electrons. The summed E-state index contributed by atoms with van der Waals surface area (Å²) >= 11 is 0. The molecule has 0 aromatic rings. The Morgan fingerprint density at radius 1 is 0.440 bits per heavy atom. The van der Waals surface area contributed by atoms with E-state index in [0.717, 1.165) is 6.42 Å². The highest BCUT2D eigenvalue weighted by molar-refractivity contribution is 5.22. The van der Waals surface area contributed by atoms with E-state index in [2.05, 4.69) is 25.7 Å². The van der Waals surface area contributed by atoms with Crippen LogP contribution in [0.15, 0.2) is 134 Å². The van der Waals surface area contributed by atoms with Gasteiger partial charge in [-0.2, -0.15) is 0 Å². The van der Waals surface area contributed by atoms with Crippen LogP contribution in [0, 0.1) is 0 Å². The molecule has 25 heavy (non-hydrogen) atoms. The molecule has 0 aliphatic carbocycles. The van der Waals surface area contributed by atoms with Crippen molar-refractivity contribution in [1.82, 2.24) is 0 Å². The van der Waals surface area contributed by atoms with E-state index in [-0.39, 0.29) is 0 Å². The van der Waals surface area contributed by atoms with Gasteiger partial charge in [0.1, 0.15) is 0 Å². The third-order valence-corrected chi connectivity index (χ3v) is 2.73. The summed E-state index contributed by atoms with van der Waals surface area (Å²) in [5.41, 5.74) is 0. The molecule has 0 aliphatic rings. The van der Waals surface area contributed by atoms with Crippen LogP contribution in [0.4, 0.5) is 0 Å². The lowest BCUT2D eigenvalue weighted by Crippen LogP contribution is -1.58. The number of hydrogen-bond donors (Lipinski definition) is 0. The minimum Gasteiger partial charge on any atom is -0.0991 e. The van der Waals surface area contributed by atoms with Crippen molar-refractivity contribution in [3.05, 3.63) is 134 Å². The first-order valence-corrected chi connectivity index (χ1v) is 8.69. The lowest BCUT2D eigenvalue weighted by Gasteiger charge is -1.79. The van der Waals surface area contributed by atoms with Gasteiger partial charge in [0, 0.05) is 0 Å². The van der Waals surface area contributed by atoms with E-state index >= 15 is 0 Å². The monoisotopic (exact) mass is 330 g/mol. The van der Waals surface area contributed by atoms with Gasteiger partial charge in [-0.3, -0.25) is 0 Å². The van der Waals surface area contributed by atoms with Crippen LogP contribution in [0.25, 0.3) is 0 Å². The molecule has 0 radical (unpaired) electrons. The van der Waals surface area contributed by atoms with Crippen LogP contribution in [-0.2, 0) is 0 Å². The molecule has 0 aliphatic heterocycles. The third-order valence-electron chi connectivity index (χ3n) is 2.73. The molecular formula is C25H30. The van der Waals surface area contributed by atoms with Gasteiger partial charge in [0.25, 0.3) is 0 Å². The smallest absolute Gasteiger partial charge is 0.0350 e. The molecule has 0 N–H and O–H groups in total. The summed E-state index contributed by atoms with van der Waals surface area (Å²) in [5.74, 6) is 0. The minimum absolute atomic E-state index is 1.14. The summed E-state index contributed by atoms with van der Waals surface area (Å²) in [6.07, 6.45) is 44.2. The predicted molar refractivity (Wildman–Crippen MR) is 117 cm³/mol. The molecule has 0 aromatic carbocycles. The molecule has 0 fully saturated rings. The van der Waals surface area contributed by atoms with Crippen LogP contribution in [0.2, 0.25) is 0 Å². The maximum Gasteiger partial charge on any atom is -0.0350 e. The second-order valence-corrected chi connectivity index (χ2v) is 4.92. The first-order valence-electron chi connectivity index (χ1n) is 8.69. The van der Waals surface area contributed by atoms with E-state index < -0.39 is 0 Å². The Morgan fingerprint density at radius 2 is 0.720 bits per heavy atom. The average Bonchev–Trinajstić information content (AvgIpc) is 2.63. The summed E-state index contributed by atoms with van der Waals surface area (Å²) < 4.78 is 0. The third kappa shape index (κ3) is 21.1. The largest absolute Gasteiger partial charge is 0.0991 e. The molecule has 0 saturated heterocycles. The summed E-state index contributed by atoms with van der Waals surface area (Å²) in [6, 6.07) is 0. The molecule has 0 spiro atoms. The first-order chi connectivity index (χ1) is 12.4. The van der Waals surface area contributed by atoms with E-state index in [4.69, 9.17) is 0 Å². The standard InChI is InChI=1S/C25H30/c1-3-5-7-9-11-13-15-17-19-21-23-25-24-22-20-18-16-14-12-10-8-6-4-2/h3,5,7-25H,1,4,6H2,2H3. The molecule has 0 atom stereocenters. The molecule has 0 rings (SSSR count). The zero-order valence-corrected chi connectivity index (χ0v) is 15.2. The highest BCUT2D eigenvalue weighted by Gasteiger charge is 1.68. The second kappa shape index (κ2) is 21.1. The fourth-order valence-corrected chi connectivity index (χ4v) is 1.51. The summed E-state index contributed by atoms with van der Waals surface area (Å²) in [7, 11) is 0. The maximum atomic E-state index is 3.61. The Balaban J connectivity index is 3.88. The zero-order chi connectivity index (χ0) is 18.3. The van der Waals surface area contributed by atoms with E-state index in [1.54, 1.807) is 6.08 Å². The van der Waals surface area contributed by atoms with Gasteiger partial charge in [0.2, 0.25) is 0 Å². The SMILES string of the molecule is C=CC=CC=CC=CC=CC=CC=CC=CC=CC=CC=CCCC. The number of unbranched alkanes of at least 4 members (excludes halogenated alkanes) is 1. The van der Waals surface area contributed by atoms with Crippen LogP contribution in [-0.4, -0.2) is 0 Å². The van der Waals surface area contributed by atoms with Gasteiger partial charge in [-0.15, -0.1) is 0 Å². The van der Waals surface area contributed by atoms with Crippen LogP contribution >= 0.6 is 0 Å². The van der Waals surface area contributed by atoms with Crippen molar-refractivity contribution in [3.63, 3.8) is 0 Å². The number of allylic oxidation sites excluding steroid dienone is 21. The van der Waals surface area contributed by atoms with Crippen LogP contribution < -0.4 is 0 Å². The van der Waals surface area contributed by atoms with Crippen molar-refractivity contribution in [2.75, 3.05) is 0 Å². The molecule has 0 amide bonds. The van der Waals surface area contributed by atoms with E-state index in [9.17, 15) is 0 Å². The Bertz CT molecular complexity index is 594. The molecule has 0 bridgehead atoms. The van der Waals surface area contributed by atoms with Crippen LogP contribution in [0.5, 0.6) is 0 Å². The fraction of sp³-hybridized carbons (Fsp3) is 0.120. The molecular weight excluding hydrogens is 300 g/mol. The quantitative estimate of drug-likeness (QED) is 0.324. The summed E-state index contributed by atoms with van der Waals surface area (Å²) in [5, 5.41) is 0. The molecule has 0 nitrogen and oxygen atoms in total. The highest BCUT2D eigenvalue weighted by atomic mass is 13.8. The van der Waals surface area contributed by atoms with Crippen molar-refractivity contribution in [2.45, 2.75) is 19.8 Å². The second-order valence-electron chi connectivity index (χ2n) is 4.92. The Kier molecular flexibility index (Phi) is 18.7. The molecule has 0 heteroatoms. The molecule has 0 heterocycles. The molecule has 0 unspecified atom stereocenters. The van der Waals surface area contributed by atoms with Crippen molar-refractivity contribution < 1.29 is 0 Å². The first kappa shape index (κ1) is 22.1. The van der Waals surface area contributed by atoms with Gasteiger partial charge in [-0.05, 0) is 6.42 Å². The van der Waals surface area contributed by atoms with Crippen LogP contribution in [0.3, 0.4) is 0 Å². The molecule has 0 saturated carbocycles. The maximum absolute atomic E-state index is 3.61. The van der Waals surface area contributed by atoms with Crippen LogP contribution in [0.1, 0.15) is 19.8 Å². The minimum atomic E-state index is 1.14. The lowest BCUT2D eigenvalue weighted by molar-refractivity contribution is 0.959. The Hall–Kier alpha value is -2.86. The van der Waals surface area contributed by atoms with Gasteiger partial charge in [-0.25, -0.2) is 0 Å². The van der Waals surface area contributed by atoms with Gasteiger partial charge >= 0.3 is 0 Å².